The number of ether oxygens (including phenoxy) is 1. The summed E-state index contributed by atoms with van der Waals surface area (Å²) < 4.78 is 5.86. The predicted molar refractivity (Wildman–Crippen MR) is 93.6 cm³/mol. The molecule has 1 N–H and O–H groups in total. The fraction of sp³-hybridized carbons (Fsp3) is 0.350. The van der Waals surface area contributed by atoms with Crippen LogP contribution in [0.25, 0.3) is 0 Å². The molecule has 122 valence electrons. The molecule has 0 aliphatic heterocycles. The molecule has 0 fully saturated rings. The molecule has 2 aromatic rings. The summed E-state index contributed by atoms with van der Waals surface area (Å²) in [6, 6.07) is 15.9. The van der Waals surface area contributed by atoms with Gasteiger partial charge < -0.3 is 10.1 Å². The van der Waals surface area contributed by atoms with E-state index in [1.54, 1.807) is 6.92 Å². The maximum Gasteiger partial charge on any atom is 0.261 e. The Morgan fingerprint density at radius 3 is 2.43 bits per heavy atom. The lowest BCUT2D eigenvalue weighted by atomic mass is 10.0. The molecular weight excluding hydrogens is 286 g/mol. The van der Waals surface area contributed by atoms with Crippen LogP contribution in [0.2, 0.25) is 0 Å². The van der Waals surface area contributed by atoms with Crippen molar-refractivity contribution in [1.29, 1.82) is 0 Å². The maximum atomic E-state index is 12.5. The minimum Gasteiger partial charge on any atom is -0.481 e. The van der Waals surface area contributed by atoms with E-state index in [4.69, 9.17) is 4.74 Å². The number of carbonyl (C=O) groups is 1. The number of benzene rings is 2. The van der Waals surface area contributed by atoms with E-state index in [2.05, 4.69) is 12.2 Å². The lowest BCUT2D eigenvalue weighted by molar-refractivity contribution is -0.128. The van der Waals surface area contributed by atoms with Crippen LogP contribution < -0.4 is 10.1 Å². The van der Waals surface area contributed by atoms with Gasteiger partial charge in [-0.1, -0.05) is 49.4 Å². The third kappa shape index (κ3) is 4.35. The molecule has 0 saturated carbocycles. The van der Waals surface area contributed by atoms with E-state index in [-0.39, 0.29) is 11.9 Å². The number of carbonyl (C=O) groups excluding carboxylic acids is 1. The SMILES string of the molecule is CCC(NC(=O)C(C)Oc1cccc(C)c1C)c1ccccc1. The monoisotopic (exact) mass is 311 g/mol. The molecule has 3 heteroatoms. The normalized spacial score (nSPS) is 13.2. The first-order valence-electron chi connectivity index (χ1n) is 8.11. The van der Waals surface area contributed by atoms with Crippen molar-refractivity contribution in [1.82, 2.24) is 5.32 Å². The first-order chi connectivity index (χ1) is 11.0. The van der Waals surface area contributed by atoms with Crippen molar-refractivity contribution in [2.24, 2.45) is 0 Å². The molecule has 2 atom stereocenters. The summed E-state index contributed by atoms with van der Waals surface area (Å²) in [5.74, 6) is 0.669. The number of hydrogen-bond acceptors (Lipinski definition) is 2. The number of amides is 1. The summed E-state index contributed by atoms with van der Waals surface area (Å²) in [6.45, 7) is 7.90. The Hall–Kier alpha value is -2.29. The fourth-order valence-electron chi connectivity index (χ4n) is 2.49. The molecule has 1 amide bonds. The van der Waals surface area contributed by atoms with Gasteiger partial charge in [0.15, 0.2) is 6.10 Å². The Morgan fingerprint density at radius 1 is 1.09 bits per heavy atom. The summed E-state index contributed by atoms with van der Waals surface area (Å²) in [5.41, 5.74) is 3.34. The first-order valence-corrected chi connectivity index (χ1v) is 8.11. The summed E-state index contributed by atoms with van der Waals surface area (Å²) >= 11 is 0. The van der Waals surface area contributed by atoms with Gasteiger partial charge in [-0.3, -0.25) is 4.79 Å². The lowest BCUT2D eigenvalue weighted by Crippen LogP contribution is -2.38. The Labute approximate surface area is 138 Å². The van der Waals surface area contributed by atoms with Crippen LogP contribution in [0.15, 0.2) is 48.5 Å². The zero-order valence-corrected chi connectivity index (χ0v) is 14.3. The van der Waals surface area contributed by atoms with Crippen molar-refractivity contribution >= 4 is 5.91 Å². The molecule has 0 saturated heterocycles. The average molecular weight is 311 g/mol. The van der Waals surface area contributed by atoms with Crippen molar-refractivity contribution in [3.63, 3.8) is 0 Å². The van der Waals surface area contributed by atoms with Crippen LogP contribution in [0.5, 0.6) is 5.75 Å². The second kappa shape index (κ2) is 7.82. The zero-order valence-electron chi connectivity index (χ0n) is 14.3. The summed E-state index contributed by atoms with van der Waals surface area (Å²) in [6.07, 6.45) is 0.305. The number of rotatable bonds is 6. The number of nitrogens with one attached hydrogen (secondary N) is 1. The van der Waals surface area contributed by atoms with Gasteiger partial charge in [0.2, 0.25) is 0 Å². The molecule has 0 aromatic heterocycles. The Kier molecular flexibility index (Phi) is 5.80. The molecule has 0 radical (unpaired) electrons. The van der Waals surface area contributed by atoms with E-state index in [0.29, 0.717) is 0 Å². The topological polar surface area (TPSA) is 38.3 Å². The third-order valence-electron chi connectivity index (χ3n) is 4.15. The van der Waals surface area contributed by atoms with E-state index < -0.39 is 6.10 Å². The van der Waals surface area contributed by atoms with Crippen LogP contribution in [-0.4, -0.2) is 12.0 Å². The van der Waals surface area contributed by atoms with E-state index in [0.717, 1.165) is 28.9 Å². The largest absolute Gasteiger partial charge is 0.481 e. The van der Waals surface area contributed by atoms with Gasteiger partial charge in [-0.25, -0.2) is 0 Å². The van der Waals surface area contributed by atoms with Gasteiger partial charge >= 0.3 is 0 Å². The Balaban J connectivity index is 2.03. The molecule has 0 bridgehead atoms. The first kappa shape index (κ1) is 17.1. The molecule has 0 heterocycles. The van der Waals surface area contributed by atoms with Crippen LogP contribution in [0.1, 0.15) is 43.0 Å². The van der Waals surface area contributed by atoms with Gasteiger partial charge in [0, 0.05) is 0 Å². The van der Waals surface area contributed by atoms with E-state index in [1.165, 1.54) is 0 Å². The molecule has 3 nitrogen and oxygen atoms in total. The second-order valence-electron chi connectivity index (χ2n) is 5.84. The highest BCUT2D eigenvalue weighted by Crippen LogP contribution is 2.22. The van der Waals surface area contributed by atoms with Crippen LogP contribution in [-0.2, 0) is 4.79 Å². The lowest BCUT2D eigenvalue weighted by Gasteiger charge is -2.22. The summed E-state index contributed by atoms with van der Waals surface area (Å²) in [4.78, 5) is 12.5. The van der Waals surface area contributed by atoms with Gasteiger partial charge in [-0.2, -0.15) is 0 Å². The minimum absolute atomic E-state index is 0.00774. The molecule has 23 heavy (non-hydrogen) atoms. The van der Waals surface area contributed by atoms with Crippen LogP contribution in [0.3, 0.4) is 0 Å². The van der Waals surface area contributed by atoms with Crippen molar-refractivity contribution in [2.75, 3.05) is 0 Å². The quantitative estimate of drug-likeness (QED) is 0.862. The summed E-state index contributed by atoms with van der Waals surface area (Å²) in [7, 11) is 0. The smallest absolute Gasteiger partial charge is 0.261 e. The van der Waals surface area contributed by atoms with Gasteiger partial charge in [0.05, 0.1) is 6.04 Å². The highest BCUT2D eigenvalue weighted by atomic mass is 16.5. The fourth-order valence-corrected chi connectivity index (χ4v) is 2.49. The molecule has 0 aliphatic rings. The highest BCUT2D eigenvalue weighted by Gasteiger charge is 2.19. The summed E-state index contributed by atoms with van der Waals surface area (Å²) in [5, 5.41) is 3.07. The van der Waals surface area contributed by atoms with Gasteiger partial charge in [-0.15, -0.1) is 0 Å². The van der Waals surface area contributed by atoms with E-state index >= 15 is 0 Å². The van der Waals surface area contributed by atoms with Gasteiger partial charge in [-0.05, 0) is 49.9 Å². The molecule has 0 aliphatic carbocycles. The zero-order chi connectivity index (χ0) is 16.8. The van der Waals surface area contributed by atoms with Crippen LogP contribution in [0, 0.1) is 13.8 Å². The number of hydrogen-bond donors (Lipinski definition) is 1. The van der Waals surface area contributed by atoms with Crippen molar-refractivity contribution < 1.29 is 9.53 Å². The van der Waals surface area contributed by atoms with Crippen molar-refractivity contribution in [2.45, 2.75) is 46.3 Å². The van der Waals surface area contributed by atoms with Crippen molar-refractivity contribution in [3.8, 4) is 5.75 Å². The third-order valence-corrected chi connectivity index (χ3v) is 4.15. The maximum absolute atomic E-state index is 12.5. The van der Waals surface area contributed by atoms with E-state index in [1.807, 2.05) is 62.4 Å². The molecule has 2 rings (SSSR count). The highest BCUT2D eigenvalue weighted by molar-refractivity contribution is 5.81. The van der Waals surface area contributed by atoms with Crippen LogP contribution >= 0.6 is 0 Å². The predicted octanol–water partition coefficient (Wildman–Crippen LogP) is 4.34. The Bertz CT molecular complexity index is 652. The standard InChI is InChI=1S/C20H25NO2/c1-5-18(17-11-7-6-8-12-17)21-20(22)16(4)23-19-13-9-10-14(2)15(19)3/h6-13,16,18H,5H2,1-4H3,(H,21,22). The Morgan fingerprint density at radius 2 is 1.78 bits per heavy atom. The molecule has 2 unspecified atom stereocenters. The number of aryl methyl sites for hydroxylation is 1. The second-order valence-corrected chi connectivity index (χ2v) is 5.84. The van der Waals surface area contributed by atoms with Crippen molar-refractivity contribution in [3.05, 3.63) is 65.2 Å². The molecule has 0 spiro atoms. The van der Waals surface area contributed by atoms with Gasteiger partial charge in [0.25, 0.3) is 5.91 Å². The molecular formula is C20H25NO2. The van der Waals surface area contributed by atoms with Gasteiger partial charge in [0.1, 0.15) is 5.75 Å². The van der Waals surface area contributed by atoms with Crippen LogP contribution in [0.4, 0.5) is 0 Å². The molecule has 2 aromatic carbocycles. The average Bonchev–Trinajstić information content (AvgIpc) is 2.57. The van der Waals surface area contributed by atoms with E-state index in [9.17, 15) is 4.79 Å². The minimum atomic E-state index is -0.534.